The zero-order chi connectivity index (χ0) is 14.5. The van der Waals surface area contributed by atoms with Crippen molar-refractivity contribution in [3.8, 4) is 0 Å². The number of nitrogens with one attached hydrogen (secondary N) is 2. The van der Waals surface area contributed by atoms with E-state index in [0.717, 1.165) is 35.6 Å². The summed E-state index contributed by atoms with van der Waals surface area (Å²) in [4.78, 5) is 11.9. The number of benzene rings is 1. The molecule has 1 heterocycles. The Bertz CT molecular complexity index is 512. The van der Waals surface area contributed by atoms with Crippen LogP contribution in [0.25, 0.3) is 0 Å². The Morgan fingerprint density at radius 1 is 1.40 bits per heavy atom. The second-order valence-corrected chi connectivity index (χ2v) is 7.14. The van der Waals surface area contributed by atoms with E-state index in [2.05, 4.69) is 10.6 Å². The van der Waals surface area contributed by atoms with Gasteiger partial charge in [-0.15, -0.1) is 0 Å². The molecular formula is C14H19ClN2O2S. The molecule has 0 spiro atoms. The molecule has 0 radical (unpaired) electrons. The van der Waals surface area contributed by atoms with Gasteiger partial charge in [0.15, 0.2) is 0 Å². The lowest BCUT2D eigenvalue weighted by atomic mass is 10.1. The molecule has 0 aliphatic carbocycles. The zero-order valence-electron chi connectivity index (χ0n) is 11.4. The van der Waals surface area contributed by atoms with Gasteiger partial charge in [-0.05, 0) is 37.5 Å². The number of carbonyl (C=O) groups excluding carboxylic acids is 1. The zero-order valence-corrected chi connectivity index (χ0v) is 13.0. The molecule has 2 N–H and O–H groups in total. The number of amides is 1. The topological polar surface area (TPSA) is 58.2 Å². The summed E-state index contributed by atoms with van der Waals surface area (Å²) in [5.41, 5.74) is 1.73. The van der Waals surface area contributed by atoms with Crippen molar-refractivity contribution in [1.29, 1.82) is 0 Å². The molecule has 1 fully saturated rings. The van der Waals surface area contributed by atoms with Crippen LogP contribution in [0.1, 0.15) is 18.4 Å². The SMILES string of the molecule is Cc1ccc(Cl)cc1NC(=O)CNC1CCS(=O)CC1. The maximum Gasteiger partial charge on any atom is 0.238 e. The summed E-state index contributed by atoms with van der Waals surface area (Å²) >= 11 is 5.92. The fourth-order valence-electron chi connectivity index (χ4n) is 2.16. The number of anilines is 1. The Balaban J connectivity index is 1.80. The largest absolute Gasteiger partial charge is 0.325 e. The van der Waals surface area contributed by atoms with E-state index in [1.165, 1.54) is 0 Å². The van der Waals surface area contributed by atoms with E-state index in [9.17, 15) is 9.00 Å². The van der Waals surface area contributed by atoms with Crippen LogP contribution in [0.15, 0.2) is 18.2 Å². The molecule has 6 heteroatoms. The molecule has 0 unspecified atom stereocenters. The third-order valence-corrected chi connectivity index (χ3v) is 5.03. The minimum atomic E-state index is -0.668. The fourth-order valence-corrected chi connectivity index (χ4v) is 3.63. The summed E-state index contributed by atoms with van der Waals surface area (Å²) < 4.78 is 11.2. The van der Waals surface area contributed by atoms with Gasteiger partial charge in [0.1, 0.15) is 0 Å². The highest BCUT2D eigenvalue weighted by Crippen LogP contribution is 2.20. The summed E-state index contributed by atoms with van der Waals surface area (Å²) in [7, 11) is -0.668. The predicted molar refractivity (Wildman–Crippen MR) is 83.7 cm³/mol. The molecule has 0 aromatic heterocycles. The Hall–Kier alpha value is -0.910. The number of hydrogen-bond acceptors (Lipinski definition) is 3. The van der Waals surface area contributed by atoms with E-state index in [1.807, 2.05) is 13.0 Å². The second kappa shape index (κ2) is 7.20. The first-order chi connectivity index (χ1) is 9.54. The Morgan fingerprint density at radius 2 is 2.10 bits per heavy atom. The van der Waals surface area contributed by atoms with Crippen molar-refractivity contribution < 1.29 is 9.00 Å². The smallest absolute Gasteiger partial charge is 0.238 e. The standard InChI is InChI=1S/C14H19ClN2O2S/c1-10-2-3-11(15)8-13(10)17-14(18)9-16-12-4-6-20(19)7-5-12/h2-3,8,12,16H,4-7,9H2,1H3,(H,17,18). The van der Waals surface area contributed by atoms with Crippen molar-refractivity contribution in [3.63, 3.8) is 0 Å². The number of aryl methyl sites for hydroxylation is 1. The van der Waals surface area contributed by atoms with Gasteiger partial charge in [0.2, 0.25) is 5.91 Å². The predicted octanol–water partition coefficient (Wildman–Crippen LogP) is 2.09. The van der Waals surface area contributed by atoms with Crippen molar-refractivity contribution in [2.45, 2.75) is 25.8 Å². The van der Waals surface area contributed by atoms with Crippen LogP contribution < -0.4 is 10.6 Å². The van der Waals surface area contributed by atoms with Crippen molar-refractivity contribution in [1.82, 2.24) is 5.32 Å². The molecule has 0 bridgehead atoms. The molecule has 1 aromatic rings. The second-order valence-electron chi connectivity index (χ2n) is 5.01. The quantitative estimate of drug-likeness (QED) is 0.894. The maximum absolute atomic E-state index is 11.9. The van der Waals surface area contributed by atoms with Crippen LogP contribution in [0.5, 0.6) is 0 Å². The Kier molecular flexibility index (Phi) is 5.57. The van der Waals surface area contributed by atoms with E-state index in [0.29, 0.717) is 11.1 Å². The molecular weight excluding hydrogens is 296 g/mol. The van der Waals surface area contributed by atoms with Gasteiger partial charge in [-0.25, -0.2) is 0 Å². The van der Waals surface area contributed by atoms with Gasteiger partial charge in [-0.1, -0.05) is 17.7 Å². The van der Waals surface area contributed by atoms with Crippen LogP contribution >= 0.6 is 11.6 Å². The van der Waals surface area contributed by atoms with E-state index in [4.69, 9.17) is 11.6 Å². The minimum absolute atomic E-state index is 0.0814. The molecule has 1 aliphatic heterocycles. The monoisotopic (exact) mass is 314 g/mol. The van der Waals surface area contributed by atoms with E-state index in [-0.39, 0.29) is 12.5 Å². The first kappa shape index (κ1) is 15.5. The maximum atomic E-state index is 11.9. The van der Waals surface area contributed by atoms with Crippen LogP contribution in [0.2, 0.25) is 5.02 Å². The fraction of sp³-hybridized carbons (Fsp3) is 0.500. The number of halogens is 1. The molecule has 20 heavy (non-hydrogen) atoms. The summed E-state index contributed by atoms with van der Waals surface area (Å²) in [6, 6.07) is 5.71. The van der Waals surface area contributed by atoms with Crippen molar-refractivity contribution in [2.75, 3.05) is 23.4 Å². The highest BCUT2D eigenvalue weighted by molar-refractivity contribution is 7.85. The number of rotatable bonds is 4. The summed E-state index contributed by atoms with van der Waals surface area (Å²) in [6.45, 7) is 2.19. The van der Waals surface area contributed by atoms with Gasteiger partial charge in [0.25, 0.3) is 0 Å². The Morgan fingerprint density at radius 3 is 2.80 bits per heavy atom. The summed E-state index contributed by atoms with van der Waals surface area (Å²) in [6.07, 6.45) is 1.74. The molecule has 1 aromatic carbocycles. The lowest BCUT2D eigenvalue weighted by Crippen LogP contribution is -2.40. The molecule has 2 rings (SSSR count). The van der Waals surface area contributed by atoms with E-state index in [1.54, 1.807) is 12.1 Å². The molecule has 1 aliphatic rings. The lowest BCUT2D eigenvalue weighted by molar-refractivity contribution is -0.115. The number of carbonyl (C=O) groups is 1. The van der Waals surface area contributed by atoms with Crippen LogP contribution in [-0.2, 0) is 15.6 Å². The number of hydrogen-bond donors (Lipinski definition) is 2. The third-order valence-electron chi connectivity index (χ3n) is 3.41. The average Bonchev–Trinajstić information content (AvgIpc) is 2.42. The molecule has 110 valence electrons. The van der Waals surface area contributed by atoms with Crippen LogP contribution in [0.3, 0.4) is 0 Å². The van der Waals surface area contributed by atoms with Gasteiger partial charge in [0, 0.05) is 39.1 Å². The molecule has 1 amide bonds. The van der Waals surface area contributed by atoms with Gasteiger partial charge in [0.05, 0.1) is 6.54 Å². The minimum Gasteiger partial charge on any atom is -0.325 e. The van der Waals surface area contributed by atoms with Crippen LogP contribution in [0.4, 0.5) is 5.69 Å². The van der Waals surface area contributed by atoms with Gasteiger partial charge < -0.3 is 10.6 Å². The third kappa shape index (κ3) is 4.58. The highest BCUT2D eigenvalue weighted by Gasteiger charge is 2.18. The van der Waals surface area contributed by atoms with Crippen LogP contribution in [0, 0.1) is 6.92 Å². The van der Waals surface area contributed by atoms with Crippen molar-refractivity contribution >= 4 is 34.0 Å². The molecule has 1 saturated heterocycles. The molecule has 0 saturated carbocycles. The van der Waals surface area contributed by atoms with Gasteiger partial charge >= 0.3 is 0 Å². The highest BCUT2D eigenvalue weighted by atomic mass is 35.5. The van der Waals surface area contributed by atoms with E-state index >= 15 is 0 Å². The summed E-state index contributed by atoms with van der Waals surface area (Å²) in [5, 5.41) is 6.68. The van der Waals surface area contributed by atoms with E-state index < -0.39 is 10.8 Å². The average molecular weight is 315 g/mol. The van der Waals surface area contributed by atoms with Gasteiger partial charge in [-0.3, -0.25) is 9.00 Å². The first-order valence-electron chi connectivity index (χ1n) is 6.69. The normalized spacial score (nSPS) is 22.5. The summed E-state index contributed by atoms with van der Waals surface area (Å²) in [5.74, 6) is 1.38. The molecule has 4 nitrogen and oxygen atoms in total. The van der Waals surface area contributed by atoms with Crippen LogP contribution in [-0.4, -0.2) is 34.2 Å². The molecule has 0 atom stereocenters. The van der Waals surface area contributed by atoms with Gasteiger partial charge in [-0.2, -0.15) is 0 Å². The first-order valence-corrected chi connectivity index (χ1v) is 8.55. The van der Waals surface area contributed by atoms with Crippen molar-refractivity contribution in [2.24, 2.45) is 0 Å². The Labute approximate surface area is 126 Å². The lowest BCUT2D eigenvalue weighted by Gasteiger charge is -2.22. The van der Waals surface area contributed by atoms with Crippen molar-refractivity contribution in [3.05, 3.63) is 28.8 Å².